The van der Waals surface area contributed by atoms with Gasteiger partial charge in [-0.1, -0.05) is 42.5 Å². The molecule has 0 aliphatic carbocycles. The van der Waals surface area contributed by atoms with Crippen LogP contribution >= 0.6 is 11.8 Å². The van der Waals surface area contributed by atoms with Gasteiger partial charge in [0.1, 0.15) is 5.75 Å². The van der Waals surface area contributed by atoms with E-state index in [4.69, 9.17) is 0 Å². The molecular formula is C29H26N6O4S. The zero-order valence-corrected chi connectivity index (χ0v) is 22.4. The molecule has 4 aromatic carbocycles. The summed E-state index contributed by atoms with van der Waals surface area (Å²) < 4.78 is 1.60. The number of amides is 2. The first-order valence-corrected chi connectivity index (χ1v) is 13.3. The number of nitrogens with one attached hydrogen (secondary N) is 2. The Labute approximate surface area is 234 Å². The minimum atomic E-state index is -0.365. The molecule has 0 bridgehead atoms. The number of carbonyl (C=O) groups excluding carboxylic acids is 2. The van der Waals surface area contributed by atoms with Gasteiger partial charge >= 0.3 is 0 Å². The summed E-state index contributed by atoms with van der Waals surface area (Å²) in [7, 11) is 0. The van der Waals surface area contributed by atoms with Gasteiger partial charge in [0.25, 0.3) is 0 Å². The molecule has 0 spiro atoms. The van der Waals surface area contributed by atoms with E-state index in [1.54, 1.807) is 41.1 Å². The molecule has 0 atom stereocenters. The Morgan fingerprint density at radius 1 is 0.975 bits per heavy atom. The van der Waals surface area contributed by atoms with Gasteiger partial charge in [0.05, 0.1) is 12.3 Å². The Balaban J connectivity index is 1.42. The highest BCUT2D eigenvalue weighted by atomic mass is 32.2. The van der Waals surface area contributed by atoms with Gasteiger partial charge in [-0.3, -0.25) is 9.59 Å². The van der Waals surface area contributed by atoms with Gasteiger partial charge in [0.2, 0.25) is 17.0 Å². The van der Waals surface area contributed by atoms with Crippen LogP contribution in [0.15, 0.2) is 88.9 Å². The van der Waals surface area contributed by atoms with Gasteiger partial charge < -0.3 is 20.8 Å². The molecule has 0 saturated heterocycles. The summed E-state index contributed by atoms with van der Waals surface area (Å²) in [6.45, 7) is 1.08. The van der Waals surface area contributed by atoms with Crippen molar-refractivity contribution in [2.75, 3.05) is 10.6 Å². The fourth-order valence-corrected chi connectivity index (χ4v) is 5.32. The zero-order chi connectivity index (χ0) is 28.1. The topological polar surface area (TPSA) is 142 Å². The summed E-state index contributed by atoms with van der Waals surface area (Å²) in [5.74, 6) is -0.400. The van der Waals surface area contributed by atoms with Crippen molar-refractivity contribution in [3.05, 3.63) is 90.0 Å². The van der Waals surface area contributed by atoms with Gasteiger partial charge in [-0.05, 0) is 70.6 Å². The first-order valence-electron chi connectivity index (χ1n) is 12.5. The lowest BCUT2D eigenvalue weighted by molar-refractivity contribution is -0.116. The van der Waals surface area contributed by atoms with Crippen LogP contribution in [-0.2, 0) is 22.6 Å². The van der Waals surface area contributed by atoms with Crippen molar-refractivity contribution >= 4 is 45.7 Å². The van der Waals surface area contributed by atoms with Crippen LogP contribution in [-0.4, -0.2) is 42.2 Å². The average Bonchev–Trinajstić information content (AvgIpc) is 3.42. The van der Waals surface area contributed by atoms with Gasteiger partial charge in [0.15, 0.2) is 0 Å². The predicted molar refractivity (Wildman–Crippen MR) is 153 cm³/mol. The molecule has 0 unspecified atom stereocenters. The number of hydrogen-bond acceptors (Lipinski definition) is 8. The minimum Gasteiger partial charge on any atom is -0.507 e. The smallest absolute Gasteiger partial charge is 0.224 e. The molecule has 0 radical (unpaired) electrons. The van der Waals surface area contributed by atoms with E-state index in [9.17, 15) is 19.8 Å². The molecule has 0 aliphatic rings. The van der Waals surface area contributed by atoms with E-state index in [0.29, 0.717) is 44.2 Å². The highest BCUT2D eigenvalue weighted by Gasteiger charge is 2.19. The Morgan fingerprint density at radius 3 is 2.48 bits per heavy atom. The number of aryl methyl sites for hydroxylation is 1. The molecule has 10 nitrogen and oxygen atoms in total. The van der Waals surface area contributed by atoms with Crippen LogP contribution in [0.5, 0.6) is 5.75 Å². The lowest BCUT2D eigenvalue weighted by Crippen LogP contribution is -2.13. The van der Waals surface area contributed by atoms with Gasteiger partial charge in [-0.25, -0.2) is 0 Å². The maximum atomic E-state index is 13.0. The maximum absolute atomic E-state index is 13.0. The number of aliphatic hydroxyl groups is 1. The number of para-hydroxylation sites is 1. The first kappa shape index (κ1) is 26.9. The molecule has 4 N–H and O–H groups in total. The molecule has 2 amide bonds. The van der Waals surface area contributed by atoms with Crippen molar-refractivity contribution in [2.24, 2.45) is 0 Å². The lowest BCUT2D eigenvalue weighted by atomic mass is 10.0. The summed E-state index contributed by atoms with van der Waals surface area (Å²) in [6.07, 6.45) is 0.732. The summed E-state index contributed by atoms with van der Waals surface area (Å²) in [5, 5.41) is 40.2. The van der Waals surface area contributed by atoms with Gasteiger partial charge in [-0.2, -0.15) is 4.68 Å². The third-order valence-electron chi connectivity index (χ3n) is 6.18. The van der Waals surface area contributed by atoms with Gasteiger partial charge in [0, 0.05) is 46.0 Å². The summed E-state index contributed by atoms with van der Waals surface area (Å²) in [5.41, 5.74) is 3.29. The Morgan fingerprint density at radius 2 is 1.75 bits per heavy atom. The number of tetrazole rings is 1. The molecule has 0 saturated carbocycles. The number of benzene rings is 4. The monoisotopic (exact) mass is 554 g/mol. The van der Waals surface area contributed by atoms with Crippen molar-refractivity contribution in [1.82, 2.24) is 20.2 Å². The molecule has 202 valence electrons. The maximum Gasteiger partial charge on any atom is 0.224 e. The Kier molecular flexibility index (Phi) is 8.04. The third-order valence-corrected chi connectivity index (χ3v) is 7.16. The molecule has 11 heteroatoms. The van der Waals surface area contributed by atoms with Crippen molar-refractivity contribution in [3.8, 4) is 11.4 Å². The van der Waals surface area contributed by atoms with Crippen LogP contribution in [0.3, 0.4) is 0 Å². The van der Waals surface area contributed by atoms with Crippen molar-refractivity contribution in [2.45, 2.75) is 36.4 Å². The second kappa shape index (κ2) is 12.0. The third kappa shape index (κ3) is 5.95. The number of carbonyl (C=O) groups is 2. The number of aromatic hydroxyl groups is 1. The van der Waals surface area contributed by atoms with E-state index in [0.717, 1.165) is 11.3 Å². The Bertz CT molecular complexity index is 1670. The SMILES string of the molecule is CC(=O)Nc1ccc(CCC(=O)Nc2cccc3c(O)c(CO)cc(Sc4nnnn4-c4ccccc4)c23)cc1. The number of fused-ring (bicyclic) bond motifs is 1. The number of hydrogen-bond donors (Lipinski definition) is 4. The van der Waals surface area contributed by atoms with Crippen LogP contribution in [0, 0.1) is 0 Å². The second-order valence-corrected chi connectivity index (χ2v) is 10.0. The number of aromatic nitrogens is 4. The number of anilines is 2. The first-order chi connectivity index (χ1) is 19.4. The van der Waals surface area contributed by atoms with Crippen molar-refractivity contribution in [3.63, 3.8) is 0 Å². The molecule has 1 aromatic heterocycles. The molecular weight excluding hydrogens is 528 g/mol. The van der Waals surface area contributed by atoms with Crippen LogP contribution < -0.4 is 10.6 Å². The number of nitrogens with zero attached hydrogens (tertiary/aromatic N) is 4. The second-order valence-electron chi connectivity index (χ2n) is 9.01. The van der Waals surface area contributed by atoms with E-state index in [-0.39, 0.29) is 30.6 Å². The quantitative estimate of drug-likeness (QED) is 0.206. The van der Waals surface area contributed by atoms with Crippen LogP contribution in [0.2, 0.25) is 0 Å². The lowest BCUT2D eigenvalue weighted by Gasteiger charge is -2.16. The predicted octanol–water partition coefficient (Wildman–Crippen LogP) is 4.69. The molecule has 40 heavy (non-hydrogen) atoms. The number of phenols is 1. The van der Waals surface area contributed by atoms with Crippen LogP contribution in [0.4, 0.5) is 11.4 Å². The minimum absolute atomic E-state index is 0.0557. The van der Waals surface area contributed by atoms with E-state index in [1.165, 1.54) is 18.7 Å². The summed E-state index contributed by atoms with van der Waals surface area (Å²) >= 11 is 1.26. The van der Waals surface area contributed by atoms with Gasteiger partial charge in [-0.15, -0.1) is 5.10 Å². The highest BCUT2D eigenvalue weighted by Crippen LogP contribution is 2.42. The van der Waals surface area contributed by atoms with Crippen LogP contribution in [0.25, 0.3) is 16.5 Å². The molecule has 1 heterocycles. The molecule has 0 fully saturated rings. The summed E-state index contributed by atoms with van der Waals surface area (Å²) in [6, 6.07) is 23.7. The fourth-order valence-electron chi connectivity index (χ4n) is 4.29. The molecule has 0 aliphatic heterocycles. The van der Waals surface area contributed by atoms with Crippen molar-refractivity contribution < 1.29 is 19.8 Å². The molecule has 5 rings (SSSR count). The normalized spacial score (nSPS) is 10.9. The number of rotatable bonds is 9. The highest BCUT2D eigenvalue weighted by molar-refractivity contribution is 7.99. The standard InChI is InChI=1S/C29H26N6O4S/c1-18(37)30-21-13-10-19(11-14-21)12-15-26(38)31-24-9-5-8-23-27(24)25(16-20(17-36)28(23)39)40-29-32-33-34-35(29)22-6-3-2-4-7-22/h2-11,13-14,16,36,39H,12,15,17H2,1H3,(H,30,37)(H,31,38). The van der Waals surface area contributed by atoms with E-state index >= 15 is 0 Å². The van der Waals surface area contributed by atoms with E-state index in [2.05, 4.69) is 26.2 Å². The largest absolute Gasteiger partial charge is 0.507 e. The zero-order valence-electron chi connectivity index (χ0n) is 21.5. The summed E-state index contributed by atoms with van der Waals surface area (Å²) in [4.78, 5) is 24.9. The van der Waals surface area contributed by atoms with E-state index < -0.39 is 0 Å². The molecule has 5 aromatic rings. The van der Waals surface area contributed by atoms with Crippen LogP contribution in [0.1, 0.15) is 24.5 Å². The fraction of sp³-hybridized carbons (Fsp3) is 0.138. The Hall–Kier alpha value is -4.74. The average molecular weight is 555 g/mol. The van der Waals surface area contributed by atoms with Crippen molar-refractivity contribution in [1.29, 1.82) is 0 Å². The number of aliphatic hydroxyl groups excluding tert-OH is 1. The van der Waals surface area contributed by atoms with E-state index in [1.807, 2.05) is 42.5 Å².